The van der Waals surface area contributed by atoms with Crippen LogP contribution in [0.5, 0.6) is 11.5 Å². The molecule has 0 saturated heterocycles. The van der Waals surface area contributed by atoms with Crippen LogP contribution in [0.1, 0.15) is 11.1 Å². The predicted molar refractivity (Wildman–Crippen MR) is 94.6 cm³/mol. The molecule has 3 nitrogen and oxygen atoms in total. The van der Waals surface area contributed by atoms with E-state index in [2.05, 4.69) is 33.4 Å². The van der Waals surface area contributed by atoms with E-state index in [0.717, 1.165) is 29.1 Å². The lowest BCUT2D eigenvalue weighted by Gasteiger charge is -2.10. The highest BCUT2D eigenvalue weighted by Gasteiger charge is 2.04. The van der Waals surface area contributed by atoms with E-state index >= 15 is 0 Å². The van der Waals surface area contributed by atoms with Crippen molar-refractivity contribution in [1.29, 1.82) is 0 Å². The molecule has 0 spiro atoms. The summed E-state index contributed by atoms with van der Waals surface area (Å²) >= 11 is 3.43. The Labute approximate surface area is 144 Å². The number of hydrogen-bond donors (Lipinski definition) is 1. The summed E-state index contributed by atoms with van der Waals surface area (Å²) in [6.07, 6.45) is 0. The molecule has 0 aliphatic rings. The first-order valence-electron chi connectivity index (χ1n) is 6.39. The molecule has 0 saturated carbocycles. The second-order valence-corrected chi connectivity index (χ2v) is 5.34. The van der Waals surface area contributed by atoms with Gasteiger partial charge in [0.15, 0.2) is 11.5 Å². The van der Waals surface area contributed by atoms with Crippen LogP contribution in [0.15, 0.2) is 46.9 Å². The fraction of sp³-hybridized carbons (Fsp3) is 0.250. The van der Waals surface area contributed by atoms with E-state index in [1.807, 2.05) is 30.3 Å². The standard InChI is InChI=1S/C16H18BrNO2.BrH/c1-19-15-8-5-13(9-16(15)20-2)11-18-10-12-3-6-14(17)7-4-12;/h3-9,18H,10-11H2,1-2H3;1H. The van der Waals surface area contributed by atoms with Gasteiger partial charge in [0.2, 0.25) is 0 Å². The second-order valence-electron chi connectivity index (χ2n) is 4.42. The van der Waals surface area contributed by atoms with Crippen molar-refractivity contribution in [2.75, 3.05) is 14.2 Å². The van der Waals surface area contributed by atoms with Gasteiger partial charge >= 0.3 is 0 Å². The third-order valence-corrected chi connectivity index (χ3v) is 3.55. The van der Waals surface area contributed by atoms with Crippen LogP contribution in [0.3, 0.4) is 0 Å². The van der Waals surface area contributed by atoms with Gasteiger partial charge < -0.3 is 14.8 Å². The van der Waals surface area contributed by atoms with Crippen LogP contribution in [0.25, 0.3) is 0 Å². The highest BCUT2D eigenvalue weighted by molar-refractivity contribution is 9.10. The monoisotopic (exact) mass is 415 g/mol. The molecule has 2 aromatic rings. The summed E-state index contributed by atoms with van der Waals surface area (Å²) in [7, 11) is 3.29. The van der Waals surface area contributed by atoms with Gasteiger partial charge in [0.1, 0.15) is 0 Å². The average molecular weight is 417 g/mol. The first-order chi connectivity index (χ1) is 9.72. The molecule has 0 bridgehead atoms. The maximum Gasteiger partial charge on any atom is 0.161 e. The summed E-state index contributed by atoms with van der Waals surface area (Å²) < 4.78 is 11.6. The van der Waals surface area contributed by atoms with Crippen molar-refractivity contribution < 1.29 is 9.47 Å². The number of methoxy groups -OCH3 is 2. The van der Waals surface area contributed by atoms with Crippen LogP contribution < -0.4 is 14.8 Å². The first kappa shape index (κ1) is 18.0. The van der Waals surface area contributed by atoms with Crippen LogP contribution in [-0.2, 0) is 13.1 Å². The van der Waals surface area contributed by atoms with Crippen molar-refractivity contribution in [3.05, 3.63) is 58.1 Å². The van der Waals surface area contributed by atoms with E-state index < -0.39 is 0 Å². The van der Waals surface area contributed by atoms with Gasteiger partial charge in [0, 0.05) is 17.6 Å². The molecule has 2 rings (SSSR count). The van der Waals surface area contributed by atoms with E-state index in [9.17, 15) is 0 Å². The maximum absolute atomic E-state index is 5.30. The summed E-state index contributed by atoms with van der Waals surface area (Å²) in [5, 5.41) is 3.41. The Morgan fingerprint density at radius 1 is 0.857 bits per heavy atom. The summed E-state index contributed by atoms with van der Waals surface area (Å²) in [4.78, 5) is 0. The van der Waals surface area contributed by atoms with Crippen molar-refractivity contribution in [2.45, 2.75) is 13.1 Å². The quantitative estimate of drug-likeness (QED) is 0.759. The number of hydrogen-bond acceptors (Lipinski definition) is 3. The van der Waals surface area contributed by atoms with Gasteiger partial charge in [-0.15, -0.1) is 17.0 Å². The van der Waals surface area contributed by atoms with Crippen LogP contribution in [0.4, 0.5) is 0 Å². The number of ether oxygens (including phenoxy) is 2. The SMILES string of the molecule is Br.COc1ccc(CNCc2ccc(Br)cc2)cc1OC. The minimum atomic E-state index is 0. The molecule has 0 fully saturated rings. The predicted octanol–water partition coefficient (Wildman–Crippen LogP) is 4.33. The Kier molecular flexibility index (Phi) is 7.78. The fourth-order valence-corrected chi connectivity index (χ4v) is 2.21. The molecule has 0 aliphatic heterocycles. The van der Waals surface area contributed by atoms with Gasteiger partial charge in [-0.25, -0.2) is 0 Å². The number of halogens is 2. The largest absolute Gasteiger partial charge is 0.493 e. The number of benzene rings is 2. The Morgan fingerprint density at radius 2 is 1.43 bits per heavy atom. The van der Waals surface area contributed by atoms with Crippen molar-refractivity contribution >= 4 is 32.9 Å². The summed E-state index contributed by atoms with van der Waals surface area (Å²) in [5.74, 6) is 1.51. The number of nitrogens with one attached hydrogen (secondary N) is 1. The van der Waals surface area contributed by atoms with Crippen molar-refractivity contribution in [1.82, 2.24) is 5.32 Å². The third-order valence-electron chi connectivity index (χ3n) is 3.02. The number of rotatable bonds is 6. The first-order valence-corrected chi connectivity index (χ1v) is 7.18. The highest BCUT2D eigenvalue weighted by Crippen LogP contribution is 2.27. The minimum Gasteiger partial charge on any atom is -0.493 e. The molecule has 0 atom stereocenters. The van der Waals surface area contributed by atoms with Crippen LogP contribution >= 0.6 is 32.9 Å². The van der Waals surface area contributed by atoms with Crippen molar-refractivity contribution in [3.8, 4) is 11.5 Å². The van der Waals surface area contributed by atoms with E-state index in [4.69, 9.17) is 9.47 Å². The fourth-order valence-electron chi connectivity index (χ4n) is 1.94. The summed E-state index contributed by atoms with van der Waals surface area (Å²) in [6.45, 7) is 1.62. The molecule has 0 radical (unpaired) electrons. The molecule has 5 heteroatoms. The Bertz CT molecular complexity index is 559. The van der Waals surface area contributed by atoms with Crippen molar-refractivity contribution in [2.24, 2.45) is 0 Å². The lowest BCUT2D eigenvalue weighted by molar-refractivity contribution is 0.354. The topological polar surface area (TPSA) is 30.5 Å². The Hall–Kier alpha value is -1.04. The molecule has 21 heavy (non-hydrogen) atoms. The highest BCUT2D eigenvalue weighted by atomic mass is 79.9. The molecule has 0 unspecified atom stereocenters. The molecule has 114 valence electrons. The average Bonchev–Trinajstić information content (AvgIpc) is 2.49. The van der Waals surface area contributed by atoms with Gasteiger partial charge in [0.25, 0.3) is 0 Å². The second kappa shape index (κ2) is 9.07. The van der Waals surface area contributed by atoms with E-state index in [0.29, 0.717) is 0 Å². The Morgan fingerprint density at radius 3 is 2.05 bits per heavy atom. The normalized spacial score (nSPS) is 9.86. The smallest absolute Gasteiger partial charge is 0.161 e. The summed E-state index contributed by atoms with van der Waals surface area (Å²) in [5.41, 5.74) is 2.42. The van der Waals surface area contributed by atoms with E-state index in [1.165, 1.54) is 11.1 Å². The zero-order valence-electron chi connectivity index (χ0n) is 12.1. The third kappa shape index (κ3) is 5.34. The van der Waals surface area contributed by atoms with Gasteiger partial charge in [-0.1, -0.05) is 34.1 Å². The van der Waals surface area contributed by atoms with Crippen LogP contribution in [0, 0.1) is 0 Å². The molecular formula is C16H19Br2NO2. The molecular weight excluding hydrogens is 398 g/mol. The van der Waals surface area contributed by atoms with E-state index in [1.54, 1.807) is 14.2 Å². The minimum absolute atomic E-state index is 0. The molecule has 2 aromatic carbocycles. The lowest BCUT2D eigenvalue weighted by atomic mass is 10.2. The van der Waals surface area contributed by atoms with Gasteiger partial charge in [-0.05, 0) is 35.4 Å². The van der Waals surface area contributed by atoms with Crippen LogP contribution in [-0.4, -0.2) is 14.2 Å². The van der Waals surface area contributed by atoms with Crippen LogP contribution in [0.2, 0.25) is 0 Å². The van der Waals surface area contributed by atoms with E-state index in [-0.39, 0.29) is 17.0 Å². The molecule has 0 heterocycles. The Balaban J connectivity index is 0.00000220. The van der Waals surface area contributed by atoms with Gasteiger partial charge in [-0.3, -0.25) is 0 Å². The maximum atomic E-state index is 5.30. The van der Waals surface area contributed by atoms with Gasteiger partial charge in [0.05, 0.1) is 14.2 Å². The zero-order chi connectivity index (χ0) is 14.4. The van der Waals surface area contributed by atoms with Gasteiger partial charge in [-0.2, -0.15) is 0 Å². The summed E-state index contributed by atoms with van der Waals surface area (Å²) in [6, 6.07) is 14.3. The molecule has 0 aliphatic carbocycles. The zero-order valence-corrected chi connectivity index (χ0v) is 15.4. The molecule has 0 amide bonds. The molecule has 1 N–H and O–H groups in total. The van der Waals surface area contributed by atoms with Crippen molar-refractivity contribution in [3.63, 3.8) is 0 Å². The lowest BCUT2D eigenvalue weighted by Crippen LogP contribution is -2.12. The molecule has 0 aromatic heterocycles.